The monoisotopic (exact) mass is 1910 g/mol. The molecule has 0 fully saturated rings. The van der Waals surface area contributed by atoms with Crippen LogP contribution in [0, 0.1) is 0 Å². The molecule has 6 aromatic heterocycles. The predicted octanol–water partition coefficient (Wildman–Crippen LogP) is 43.0. The van der Waals surface area contributed by atoms with Gasteiger partial charge in [0.25, 0.3) is 0 Å². The first-order chi connectivity index (χ1) is 61.3. The standard InChI is InChI=1S/C116H166Br2S6/c1-5-9-13-17-21-25-29-33-37-41-45-49-53-57-61-65-69-91-73-81-95(82-74-91)115(96-83-75-92(76-84-96)70-66-62-58-54-50-46-42-38-34-30-26-22-18-14-10-6-2)103-107-99(89-101(117)121-107)119-109(103)111-105(115)113-114(123-111)106-112(124-113)110-104(108-100(120-110)90-102(118)122-108)116(106,97-85-77-93(78-86-97)71-67-63-59-55-51-47-43-39-35-31-27-23-19-15-11-7-3)98-87-79-94(80-88-98)72-68-64-60-56-52-48-44-40-36-32-28-24-20-16-12-8-4/h73-90H,5-72H2,1-4H3. The Kier molecular flexibility index (Phi) is 45.6. The fraction of sp³-hybridized carbons (Fsp3) is 0.638. The van der Waals surface area contributed by atoms with E-state index in [-0.39, 0.29) is 0 Å². The third-order valence-corrected chi connectivity index (χ3v) is 37.6. The minimum Gasteiger partial charge on any atom is -0.133 e. The van der Waals surface area contributed by atoms with Crippen LogP contribution < -0.4 is 0 Å². The van der Waals surface area contributed by atoms with Crippen molar-refractivity contribution in [2.24, 2.45) is 0 Å². The van der Waals surface area contributed by atoms with Gasteiger partial charge in [-0.3, -0.25) is 0 Å². The van der Waals surface area contributed by atoms with E-state index in [1.165, 1.54) is 522 Å². The Balaban J connectivity index is 0.816. The van der Waals surface area contributed by atoms with Crippen molar-refractivity contribution in [3.05, 3.63) is 184 Å². The number of thiophene rings is 6. The number of unbranched alkanes of at least 4 members (excludes halogenated alkanes) is 60. The van der Waals surface area contributed by atoms with Crippen molar-refractivity contribution in [1.29, 1.82) is 0 Å². The second-order valence-electron chi connectivity index (χ2n) is 38.9. The molecule has 0 unspecified atom stereocenters. The first-order valence-electron chi connectivity index (χ1n) is 52.8. The fourth-order valence-electron chi connectivity index (χ4n) is 21.6. The molecule has 0 N–H and O–H groups in total. The van der Waals surface area contributed by atoms with Crippen LogP contribution in [0.15, 0.2) is 117 Å². The van der Waals surface area contributed by atoms with Gasteiger partial charge in [-0.2, -0.15) is 0 Å². The molecule has 8 heteroatoms. The van der Waals surface area contributed by atoms with Crippen LogP contribution in [-0.4, -0.2) is 0 Å². The zero-order chi connectivity index (χ0) is 85.9. The third kappa shape index (κ3) is 28.4. The number of benzene rings is 4. The first kappa shape index (κ1) is 99.8. The molecule has 0 saturated heterocycles. The van der Waals surface area contributed by atoms with Crippen molar-refractivity contribution in [1.82, 2.24) is 0 Å². The molecule has 0 radical (unpaired) electrons. The van der Waals surface area contributed by atoms with Crippen LogP contribution >= 0.6 is 99.9 Å². The molecular formula is C116H166Br2S6. The summed E-state index contributed by atoms with van der Waals surface area (Å²) in [4.78, 5) is 6.02. The molecule has 6 heterocycles. The zero-order valence-corrected chi connectivity index (χ0v) is 86.8. The van der Waals surface area contributed by atoms with Gasteiger partial charge >= 0.3 is 0 Å². The SMILES string of the molecule is CCCCCCCCCCCCCCCCCCc1ccc(C2(c3ccc(CCCCCCCCCCCCCCCCCC)cc3)c3c(sc4cc(Br)sc34)-c3sc4c5c(sc4c32)-c2sc3cc(Br)sc3c2C5(c2ccc(CCCCCCCCCCCCCCCCCC)cc2)c2ccc(CCCCCCCCCCCCCCCCCC)cc2)cc1. The molecular weight excluding hydrogens is 1750 g/mol. The quantitative estimate of drug-likeness (QED) is 0.0333. The molecule has 0 aliphatic heterocycles. The molecule has 124 heavy (non-hydrogen) atoms. The second kappa shape index (κ2) is 56.6. The maximum Gasteiger partial charge on any atom is 0.0759 e. The highest BCUT2D eigenvalue weighted by atomic mass is 79.9. The zero-order valence-electron chi connectivity index (χ0n) is 78.7. The van der Waals surface area contributed by atoms with Crippen LogP contribution in [0.4, 0.5) is 0 Å². The van der Waals surface area contributed by atoms with E-state index in [9.17, 15) is 0 Å². The van der Waals surface area contributed by atoms with Crippen molar-refractivity contribution >= 4 is 128 Å². The van der Waals surface area contributed by atoms with Gasteiger partial charge in [0.1, 0.15) is 0 Å². The molecule has 2 aliphatic rings. The average Bonchev–Trinajstić information content (AvgIpc) is 1.48. The van der Waals surface area contributed by atoms with Crippen LogP contribution in [-0.2, 0) is 36.5 Å². The normalized spacial score (nSPS) is 13.3. The van der Waals surface area contributed by atoms with E-state index in [0.717, 1.165) is 25.7 Å². The number of hydrogen-bond donors (Lipinski definition) is 0. The van der Waals surface area contributed by atoms with Crippen molar-refractivity contribution < 1.29 is 0 Å². The highest BCUT2D eigenvalue weighted by Gasteiger charge is 2.56. The Bertz CT molecular complexity index is 4080. The van der Waals surface area contributed by atoms with Gasteiger partial charge in [-0.1, -0.05) is 510 Å². The van der Waals surface area contributed by atoms with Gasteiger partial charge in [-0.15, -0.1) is 68.0 Å². The molecule has 0 saturated carbocycles. The molecule has 12 rings (SSSR count). The summed E-state index contributed by atoms with van der Waals surface area (Å²) in [7, 11) is 0. The smallest absolute Gasteiger partial charge is 0.0759 e. The fourth-order valence-corrected chi connectivity index (χ4v) is 31.7. The summed E-state index contributed by atoms with van der Waals surface area (Å²) < 4.78 is 11.3. The van der Waals surface area contributed by atoms with Gasteiger partial charge < -0.3 is 0 Å². The summed E-state index contributed by atoms with van der Waals surface area (Å²) in [5.41, 5.74) is 16.8. The van der Waals surface area contributed by atoms with Gasteiger partial charge in [0.05, 0.1) is 56.7 Å². The van der Waals surface area contributed by atoms with Gasteiger partial charge in [-0.25, -0.2) is 0 Å². The summed E-state index contributed by atoms with van der Waals surface area (Å²) in [5.74, 6) is 0. The van der Waals surface area contributed by atoms with Crippen molar-refractivity contribution in [3.63, 3.8) is 0 Å². The average molecular weight is 1910 g/mol. The first-order valence-corrected chi connectivity index (χ1v) is 59.2. The molecule has 2 aliphatic carbocycles. The Morgan fingerprint density at radius 1 is 0.185 bits per heavy atom. The van der Waals surface area contributed by atoms with E-state index in [4.69, 9.17) is 0 Å². The summed E-state index contributed by atoms with van der Waals surface area (Å²) in [6.45, 7) is 9.31. The number of rotatable bonds is 72. The van der Waals surface area contributed by atoms with E-state index in [1.807, 2.05) is 22.7 Å². The summed E-state index contributed by atoms with van der Waals surface area (Å²) in [6.07, 6.45) is 94.5. The van der Waals surface area contributed by atoms with E-state index in [1.54, 1.807) is 11.1 Å². The van der Waals surface area contributed by atoms with Crippen molar-refractivity contribution in [2.75, 3.05) is 0 Å². The lowest BCUT2D eigenvalue weighted by Gasteiger charge is -2.34. The largest absolute Gasteiger partial charge is 0.133 e. The summed E-state index contributed by atoms with van der Waals surface area (Å²) >= 11 is 20.7. The van der Waals surface area contributed by atoms with Crippen LogP contribution in [0.25, 0.3) is 47.7 Å². The molecule has 680 valence electrons. The summed E-state index contributed by atoms with van der Waals surface area (Å²) in [6, 6.07) is 46.4. The Morgan fingerprint density at radius 3 is 0.532 bits per heavy atom. The molecule has 0 spiro atoms. The molecule has 10 aromatic rings. The second-order valence-corrected chi connectivity index (χ2v) is 47.9. The van der Waals surface area contributed by atoms with Gasteiger partial charge in [-0.05, 0) is 140 Å². The van der Waals surface area contributed by atoms with Crippen LogP contribution in [0.5, 0.6) is 0 Å². The maximum atomic E-state index is 4.12. The Morgan fingerprint density at radius 2 is 0.347 bits per heavy atom. The Labute approximate surface area is 798 Å². The van der Waals surface area contributed by atoms with E-state index >= 15 is 0 Å². The third-order valence-electron chi connectivity index (χ3n) is 28.9. The van der Waals surface area contributed by atoms with Crippen molar-refractivity contribution in [2.45, 2.75) is 475 Å². The van der Waals surface area contributed by atoms with Gasteiger partial charge in [0, 0.05) is 31.7 Å². The molecule has 0 atom stereocenters. The van der Waals surface area contributed by atoms with Crippen LogP contribution in [0.3, 0.4) is 0 Å². The lowest BCUT2D eigenvalue weighted by molar-refractivity contribution is 0.529. The highest BCUT2D eigenvalue weighted by Crippen LogP contribution is 2.72. The van der Waals surface area contributed by atoms with Crippen LogP contribution in [0.2, 0.25) is 0 Å². The topological polar surface area (TPSA) is 0 Å². The minimum atomic E-state index is -0.515. The lowest BCUT2D eigenvalue weighted by atomic mass is 9.67. The highest BCUT2D eigenvalue weighted by molar-refractivity contribution is 9.11. The molecule has 0 amide bonds. The maximum absolute atomic E-state index is 4.12. The number of hydrogen-bond acceptors (Lipinski definition) is 6. The number of halogens is 2. The van der Waals surface area contributed by atoms with E-state index in [0.29, 0.717) is 0 Å². The van der Waals surface area contributed by atoms with Gasteiger partial charge in [0.15, 0.2) is 0 Å². The number of fused-ring (bicyclic) bond motifs is 13. The molecule has 4 aromatic carbocycles. The van der Waals surface area contributed by atoms with Gasteiger partial charge in [0.2, 0.25) is 0 Å². The predicted molar refractivity (Wildman–Crippen MR) is 569 cm³/mol. The minimum absolute atomic E-state index is 0.515. The lowest BCUT2D eigenvalue weighted by Crippen LogP contribution is -2.29. The van der Waals surface area contributed by atoms with Crippen molar-refractivity contribution in [3.8, 4) is 19.5 Å². The van der Waals surface area contributed by atoms with Crippen LogP contribution in [0.1, 0.15) is 505 Å². The Hall–Kier alpha value is -3.18. The number of aryl methyl sites for hydroxylation is 4. The summed E-state index contributed by atoms with van der Waals surface area (Å²) in [5, 5.41) is 0. The molecule has 0 bridgehead atoms. The van der Waals surface area contributed by atoms with E-state index in [2.05, 4.69) is 214 Å². The van der Waals surface area contributed by atoms with E-state index < -0.39 is 10.8 Å². The molecule has 0 nitrogen and oxygen atoms in total.